The number of nitrogens with zero attached hydrogens (tertiary/aromatic N) is 4. The van der Waals surface area contributed by atoms with Crippen LogP contribution in [-0.2, 0) is 18.4 Å². The summed E-state index contributed by atoms with van der Waals surface area (Å²) in [7, 11) is 3.58. The molecule has 0 saturated heterocycles. The molecule has 2 aromatic heterocycles. The van der Waals surface area contributed by atoms with Crippen LogP contribution in [-0.4, -0.2) is 38.4 Å². The molecule has 3 rings (SSSR count). The van der Waals surface area contributed by atoms with Gasteiger partial charge in [-0.3, -0.25) is 4.79 Å². The number of carbonyl (C=O) groups is 1. The highest BCUT2D eigenvalue weighted by molar-refractivity contribution is 7.99. The van der Waals surface area contributed by atoms with Crippen molar-refractivity contribution >= 4 is 40.6 Å². The van der Waals surface area contributed by atoms with Crippen LogP contribution >= 0.6 is 34.7 Å². The molecule has 3 aromatic rings. The van der Waals surface area contributed by atoms with Gasteiger partial charge in [0.1, 0.15) is 5.82 Å². The van der Waals surface area contributed by atoms with Gasteiger partial charge >= 0.3 is 0 Å². The van der Waals surface area contributed by atoms with E-state index in [-0.39, 0.29) is 17.5 Å². The van der Waals surface area contributed by atoms with Crippen LogP contribution in [0.1, 0.15) is 4.88 Å². The van der Waals surface area contributed by atoms with E-state index in [1.807, 2.05) is 19.2 Å². The summed E-state index contributed by atoms with van der Waals surface area (Å²) in [6.45, 7) is 0.524. The number of halogens is 2. The molecule has 5 nitrogen and oxygen atoms in total. The van der Waals surface area contributed by atoms with Crippen molar-refractivity contribution in [2.24, 2.45) is 7.05 Å². The van der Waals surface area contributed by atoms with E-state index in [1.165, 1.54) is 35.2 Å². The van der Waals surface area contributed by atoms with Crippen molar-refractivity contribution < 1.29 is 9.18 Å². The molecule has 0 aliphatic heterocycles. The number of hydrogen-bond acceptors (Lipinski definition) is 5. The van der Waals surface area contributed by atoms with E-state index in [4.69, 9.17) is 11.6 Å². The summed E-state index contributed by atoms with van der Waals surface area (Å²) in [4.78, 5) is 15.0. The number of rotatable bonds is 6. The first-order valence-electron chi connectivity index (χ1n) is 7.70. The molecule has 0 saturated carbocycles. The zero-order chi connectivity index (χ0) is 18.7. The lowest BCUT2D eigenvalue weighted by molar-refractivity contribution is -0.127. The smallest absolute Gasteiger partial charge is 0.233 e. The molecule has 0 radical (unpaired) electrons. The van der Waals surface area contributed by atoms with Gasteiger partial charge in [0.2, 0.25) is 5.91 Å². The summed E-state index contributed by atoms with van der Waals surface area (Å²) in [5, 5.41) is 8.90. The fourth-order valence-electron chi connectivity index (χ4n) is 2.29. The number of amides is 1. The monoisotopic (exact) mass is 410 g/mol. The first-order chi connectivity index (χ1) is 12.4. The highest BCUT2D eigenvalue weighted by atomic mass is 35.5. The molecule has 2 heterocycles. The van der Waals surface area contributed by atoms with Gasteiger partial charge in [-0.15, -0.1) is 21.5 Å². The molecule has 136 valence electrons. The molecule has 0 fully saturated rings. The average molecular weight is 411 g/mol. The molecular formula is C17H16ClFN4OS2. The summed E-state index contributed by atoms with van der Waals surface area (Å²) in [6, 6.07) is 9.81. The second-order valence-electron chi connectivity index (χ2n) is 5.62. The molecule has 1 amide bonds. The Balaban J connectivity index is 1.61. The Hall–Kier alpha value is -1.90. The summed E-state index contributed by atoms with van der Waals surface area (Å²) >= 11 is 8.70. The molecule has 26 heavy (non-hydrogen) atoms. The van der Waals surface area contributed by atoms with Crippen LogP contribution in [0.3, 0.4) is 0 Å². The Morgan fingerprint density at radius 1 is 1.27 bits per heavy atom. The first-order valence-corrected chi connectivity index (χ1v) is 9.88. The van der Waals surface area contributed by atoms with Crippen LogP contribution in [0.5, 0.6) is 0 Å². The number of benzene rings is 1. The maximum Gasteiger partial charge on any atom is 0.233 e. The van der Waals surface area contributed by atoms with Crippen LogP contribution < -0.4 is 0 Å². The molecule has 0 N–H and O–H groups in total. The Morgan fingerprint density at radius 3 is 2.65 bits per heavy atom. The van der Waals surface area contributed by atoms with Crippen LogP contribution in [0.25, 0.3) is 11.4 Å². The number of hydrogen-bond donors (Lipinski definition) is 0. The maximum absolute atomic E-state index is 13.1. The minimum Gasteiger partial charge on any atom is -0.340 e. The molecule has 0 unspecified atom stereocenters. The number of aromatic nitrogens is 3. The second kappa shape index (κ2) is 8.20. The van der Waals surface area contributed by atoms with Gasteiger partial charge in [0, 0.05) is 24.5 Å². The number of carbonyl (C=O) groups excluding carboxylic acids is 1. The van der Waals surface area contributed by atoms with E-state index in [0.717, 1.165) is 10.4 Å². The zero-order valence-electron chi connectivity index (χ0n) is 14.1. The number of thioether (sulfide) groups is 1. The molecule has 1 aromatic carbocycles. The van der Waals surface area contributed by atoms with E-state index in [2.05, 4.69) is 10.2 Å². The lowest BCUT2D eigenvalue weighted by Gasteiger charge is -2.15. The molecule has 0 aliphatic carbocycles. The minimum absolute atomic E-state index is 0.00847. The van der Waals surface area contributed by atoms with Crippen molar-refractivity contribution in [1.29, 1.82) is 0 Å². The summed E-state index contributed by atoms with van der Waals surface area (Å²) < 4.78 is 15.6. The summed E-state index contributed by atoms with van der Waals surface area (Å²) in [5.74, 6) is 0.573. The van der Waals surface area contributed by atoms with Crippen molar-refractivity contribution in [1.82, 2.24) is 19.7 Å². The maximum atomic E-state index is 13.1. The van der Waals surface area contributed by atoms with Gasteiger partial charge in [-0.25, -0.2) is 4.39 Å². The fraction of sp³-hybridized carbons (Fsp3) is 0.235. The second-order valence-corrected chi connectivity index (χ2v) is 8.36. The van der Waals surface area contributed by atoms with Gasteiger partial charge in [0.15, 0.2) is 11.0 Å². The lowest BCUT2D eigenvalue weighted by Crippen LogP contribution is -2.27. The third-order valence-electron chi connectivity index (χ3n) is 3.71. The van der Waals surface area contributed by atoms with Crippen molar-refractivity contribution in [3.05, 3.63) is 51.4 Å². The minimum atomic E-state index is -0.300. The SMILES string of the molecule is CN(Cc1ccc(Cl)s1)C(=O)CSc1nnc(-c2ccc(F)cc2)n1C. The Labute approximate surface area is 163 Å². The fourth-order valence-corrected chi connectivity index (χ4v) is 4.28. The van der Waals surface area contributed by atoms with Crippen molar-refractivity contribution in [3.63, 3.8) is 0 Å². The van der Waals surface area contributed by atoms with Gasteiger partial charge in [-0.2, -0.15) is 0 Å². The van der Waals surface area contributed by atoms with E-state index in [9.17, 15) is 9.18 Å². The van der Waals surface area contributed by atoms with Gasteiger partial charge in [-0.1, -0.05) is 23.4 Å². The lowest BCUT2D eigenvalue weighted by atomic mass is 10.2. The third-order valence-corrected chi connectivity index (χ3v) is 5.93. The summed E-state index contributed by atoms with van der Waals surface area (Å²) in [5.41, 5.74) is 0.770. The van der Waals surface area contributed by atoms with E-state index in [1.54, 1.807) is 28.6 Å². The topological polar surface area (TPSA) is 51.0 Å². The van der Waals surface area contributed by atoms with Gasteiger partial charge < -0.3 is 9.47 Å². The Morgan fingerprint density at radius 2 is 2.00 bits per heavy atom. The Kier molecular flexibility index (Phi) is 5.95. The molecule has 0 aliphatic rings. The predicted molar refractivity (Wildman–Crippen MR) is 103 cm³/mol. The molecule has 0 atom stereocenters. The average Bonchev–Trinajstić information content (AvgIpc) is 3.19. The van der Waals surface area contributed by atoms with Crippen LogP contribution in [0.15, 0.2) is 41.6 Å². The van der Waals surface area contributed by atoms with E-state index in [0.29, 0.717) is 21.9 Å². The molecule has 0 bridgehead atoms. The van der Waals surface area contributed by atoms with Crippen molar-refractivity contribution in [2.45, 2.75) is 11.7 Å². The number of thiophene rings is 1. The standard InChI is InChI=1S/C17H16ClFN4OS2/c1-22(9-13-7-8-14(18)26-13)15(24)10-25-17-21-20-16(23(17)2)11-3-5-12(19)6-4-11/h3-8H,9-10H2,1-2H3. The van der Waals surface area contributed by atoms with Crippen LogP contribution in [0, 0.1) is 5.82 Å². The van der Waals surface area contributed by atoms with Crippen molar-refractivity contribution in [2.75, 3.05) is 12.8 Å². The highest BCUT2D eigenvalue weighted by Gasteiger charge is 2.15. The first kappa shape index (κ1) is 18.9. The van der Waals surface area contributed by atoms with Crippen molar-refractivity contribution in [3.8, 4) is 11.4 Å². The Bertz CT molecular complexity index is 910. The third kappa shape index (κ3) is 4.44. The normalized spacial score (nSPS) is 10.9. The van der Waals surface area contributed by atoms with Gasteiger partial charge in [0.05, 0.1) is 16.6 Å². The largest absolute Gasteiger partial charge is 0.340 e. The molecular weight excluding hydrogens is 395 g/mol. The quantitative estimate of drug-likeness (QED) is 0.574. The van der Waals surface area contributed by atoms with Gasteiger partial charge in [0.25, 0.3) is 0 Å². The van der Waals surface area contributed by atoms with Crippen LogP contribution in [0.2, 0.25) is 4.34 Å². The van der Waals surface area contributed by atoms with Crippen LogP contribution in [0.4, 0.5) is 4.39 Å². The van der Waals surface area contributed by atoms with E-state index >= 15 is 0 Å². The van der Waals surface area contributed by atoms with Gasteiger partial charge in [-0.05, 0) is 36.4 Å². The summed E-state index contributed by atoms with van der Waals surface area (Å²) in [6.07, 6.45) is 0. The predicted octanol–water partition coefficient (Wildman–Crippen LogP) is 4.09. The zero-order valence-corrected chi connectivity index (χ0v) is 16.5. The van der Waals surface area contributed by atoms with E-state index < -0.39 is 0 Å². The molecule has 0 spiro atoms. The highest BCUT2D eigenvalue weighted by Crippen LogP contribution is 2.24. The molecule has 9 heteroatoms.